The van der Waals surface area contributed by atoms with Gasteiger partial charge in [-0.1, -0.05) is 6.92 Å². The second-order valence-corrected chi connectivity index (χ2v) is 5.66. The van der Waals surface area contributed by atoms with Crippen molar-refractivity contribution in [2.75, 3.05) is 23.4 Å². The molecule has 0 bridgehead atoms. The van der Waals surface area contributed by atoms with Crippen molar-refractivity contribution in [3.8, 4) is 0 Å². The van der Waals surface area contributed by atoms with Crippen LogP contribution in [0.4, 0.5) is 11.6 Å². The lowest BCUT2D eigenvalue weighted by atomic mass is 10.1. The van der Waals surface area contributed by atoms with E-state index >= 15 is 0 Å². The summed E-state index contributed by atoms with van der Waals surface area (Å²) in [6, 6.07) is 0. The third kappa shape index (κ3) is 4.31. The zero-order valence-electron chi connectivity index (χ0n) is 13.2. The van der Waals surface area contributed by atoms with E-state index in [1.54, 1.807) is 13.8 Å². The molecule has 0 fully saturated rings. The van der Waals surface area contributed by atoms with E-state index in [2.05, 4.69) is 27.2 Å². The van der Waals surface area contributed by atoms with E-state index in [9.17, 15) is 5.11 Å². The summed E-state index contributed by atoms with van der Waals surface area (Å²) in [5, 5.41) is 10.0. The van der Waals surface area contributed by atoms with Crippen LogP contribution in [0, 0.1) is 6.92 Å². The quantitative estimate of drug-likeness (QED) is 0.520. The highest BCUT2D eigenvalue weighted by atomic mass is 16.3. The van der Waals surface area contributed by atoms with Crippen molar-refractivity contribution in [1.82, 2.24) is 9.97 Å². The normalized spacial score (nSPS) is 11.6. The Morgan fingerprint density at radius 2 is 1.95 bits per heavy atom. The van der Waals surface area contributed by atoms with Crippen molar-refractivity contribution < 1.29 is 5.11 Å². The van der Waals surface area contributed by atoms with Crippen LogP contribution in [-0.2, 0) is 6.42 Å². The van der Waals surface area contributed by atoms with Crippen molar-refractivity contribution in [3.05, 3.63) is 11.4 Å². The first kappa shape index (κ1) is 16.7. The third-order valence-corrected chi connectivity index (χ3v) is 3.04. The second-order valence-electron chi connectivity index (χ2n) is 5.66. The molecule has 0 spiro atoms. The molecule has 0 radical (unpaired) electrons. The molecule has 1 heterocycles. The van der Waals surface area contributed by atoms with E-state index in [1.165, 1.54) is 0 Å². The molecule has 1 aromatic rings. The van der Waals surface area contributed by atoms with Crippen LogP contribution in [0.2, 0.25) is 0 Å². The number of anilines is 2. The summed E-state index contributed by atoms with van der Waals surface area (Å²) >= 11 is 0. The van der Waals surface area contributed by atoms with Crippen LogP contribution >= 0.6 is 0 Å². The predicted molar refractivity (Wildman–Crippen MR) is 82.8 cm³/mol. The van der Waals surface area contributed by atoms with Crippen molar-refractivity contribution in [3.63, 3.8) is 0 Å². The van der Waals surface area contributed by atoms with Crippen molar-refractivity contribution in [2.24, 2.45) is 5.84 Å². The predicted octanol–water partition coefficient (Wildman–Crippen LogP) is 1.62. The Morgan fingerprint density at radius 1 is 1.30 bits per heavy atom. The zero-order chi connectivity index (χ0) is 15.3. The van der Waals surface area contributed by atoms with E-state index in [1.807, 2.05) is 13.8 Å². The van der Waals surface area contributed by atoms with Crippen LogP contribution in [0.15, 0.2) is 0 Å². The van der Waals surface area contributed by atoms with Gasteiger partial charge < -0.3 is 15.4 Å². The molecule has 0 saturated heterocycles. The summed E-state index contributed by atoms with van der Waals surface area (Å²) in [7, 11) is 0. The van der Waals surface area contributed by atoms with Gasteiger partial charge in [-0.15, -0.1) is 0 Å². The number of hydrogen-bond donors (Lipinski definition) is 3. The molecule has 0 aliphatic carbocycles. The third-order valence-electron chi connectivity index (χ3n) is 3.04. The van der Waals surface area contributed by atoms with Gasteiger partial charge in [0.2, 0.25) is 0 Å². The summed E-state index contributed by atoms with van der Waals surface area (Å²) in [4.78, 5) is 11.1. The molecule has 20 heavy (non-hydrogen) atoms. The second kappa shape index (κ2) is 6.85. The Balaban J connectivity index is 3.21. The number of nitrogens with one attached hydrogen (secondary N) is 1. The van der Waals surface area contributed by atoms with Gasteiger partial charge in [0.1, 0.15) is 17.5 Å². The summed E-state index contributed by atoms with van der Waals surface area (Å²) in [5.74, 6) is 7.80. The molecule has 0 amide bonds. The Kier molecular flexibility index (Phi) is 5.71. The van der Waals surface area contributed by atoms with E-state index in [-0.39, 0.29) is 0 Å². The van der Waals surface area contributed by atoms with Gasteiger partial charge in [-0.2, -0.15) is 0 Å². The van der Waals surface area contributed by atoms with Gasteiger partial charge in [-0.3, -0.25) is 0 Å². The molecule has 6 nitrogen and oxygen atoms in total. The van der Waals surface area contributed by atoms with Gasteiger partial charge >= 0.3 is 0 Å². The van der Waals surface area contributed by atoms with Crippen LogP contribution in [0.1, 0.15) is 45.5 Å². The first-order valence-electron chi connectivity index (χ1n) is 7.13. The van der Waals surface area contributed by atoms with E-state index < -0.39 is 5.60 Å². The van der Waals surface area contributed by atoms with E-state index in [0.29, 0.717) is 12.4 Å². The SMILES string of the molecule is CCCc1nc(NN)c(C)c(N(CC)CC(C)(C)O)n1. The fourth-order valence-electron chi connectivity index (χ4n) is 2.14. The lowest BCUT2D eigenvalue weighted by Crippen LogP contribution is -2.39. The first-order chi connectivity index (χ1) is 9.32. The number of likely N-dealkylation sites (N-methyl/N-ethyl adjacent to an activating group) is 1. The van der Waals surface area contributed by atoms with Crippen LogP contribution in [0.5, 0.6) is 0 Å². The molecule has 0 aliphatic heterocycles. The van der Waals surface area contributed by atoms with Gasteiger partial charge in [0, 0.05) is 25.1 Å². The molecule has 6 heteroatoms. The number of hydrogen-bond acceptors (Lipinski definition) is 6. The Morgan fingerprint density at radius 3 is 2.40 bits per heavy atom. The maximum Gasteiger partial charge on any atom is 0.148 e. The number of aromatic nitrogens is 2. The topological polar surface area (TPSA) is 87.3 Å². The Hall–Kier alpha value is -1.40. The molecular formula is C14H27N5O. The number of nitrogen functional groups attached to an aromatic ring is 1. The molecule has 0 unspecified atom stereocenters. The minimum Gasteiger partial charge on any atom is -0.389 e. The lowest BCUT2D eigenvalue weighted by Gasteiger charge is -2.30. The zero-order valence-corrected chi connectivity index (χ0v) is 13.2. The molecular weight excluding hydrogens is 254 g/mol. The fraction of sp³-hybridized carbons (Fsp3) is 0.714. The van der Waals surface area contributed by atoms with Gasteiger partial charge in [0.25, 0.3) is 0 Å². The van der Waals surface area contributed by atoms with Crippen LogP contribution < -0.4 is 16.2 Å². The maximum atomic E-state index is 10.0. The average molecular weight is 281 g/mol. The molecule has 1 aromatic heterocycles. The number of nitrogens with two attached hydrogens (primary N) is 1. The molecule has 4 N–H and O–H groups in total. The smallest absolute Gasteiger partial charge is 0.148 e. The number of aryl methyl sites for hydroxylation is 1. The minimum atomic E-state index is -0.783. The Labute approximate surface area is 121 Å². The molecule has 114 valence electrons. The minimum absolute atomic E-state index is 0.511. The molecule has 0 atom stereocenters. The van der Waals surface area contributed by atoms with E-state index in [4.69, 9.17) is 5.84 Å². The van der Waals surface area contributed by atoms with Crippen molar-refractivity contribution >= 4 is 11.6 Å². The molecule has 1 rings (SSSR count). The average Bonchev–Trinajstić information content (AvgIpc) is 2.37. The number of nitrogens with zero attached hydrogens (tertiary/aromatic N) is 3. The number of hydrazine groups is 1. The highest BCUT2D eigenvalue weighted by Crippen LogP contribution is 2.24. The largest absolute Gasteiger partial charge is 0.389 e. The van der Waals surface area contributed by atoms with Gasteiger partial charge in [0.05, 0.1) is 5.60 Å². The summed E-state index contributed by atoms with van der Waals surface area (Å²) in [5.41, 5.74) is 2.75. The fourth-order valence-corrected chi connectivity index (χ4v) is 2.14. The van der Waals surface area contributed by atoms with Gasteiger partial charge in [-0.05, 0) is 34.1 Å². The number of aliphatic hydroxyl groups is 1. The van der Waals surface area contributed by atoms with Gasteiger partial charge in [-0.25, -0.2) is 15.8 Å². The summed E-state index contributed by atoms with van der Waals surface area (Å²) in [6.45, 7) is 10.9. The molecule has 0 saturated carbocycles. The van der Waals surface area contributed by atoms with Crippen LogP contribution in [-0.4, -0.2) is 33.8 Å². The maximum absolute atomic E-state index is 10.0. The molecule has 0 aliphatic rings. The van der Waals surface area contributed by atoms with Crippen molar-refractivity contribution in [1.29, 1.82) is 0 Å². The summed E-state index contributed by atoms with van der Waals surface area (Å²) < 4.78 is 0. The van der Waals surface area contributed by atoms with Crippen molar-refractivity contribution in [2.45, 2.75) is 53.1 Å². The van der Waals surface area contributed by atoms with Crippen LogP contribution in [0.25, 0.3) is 0 Å². The van der Waals surface area contributed by atoms with Gasteiger partial charge in [0.15, 0.2) is 0 Å². The molecule has 0 aromatic carbocycles. The first-order valence-corrected chi connectivity index (χ1v) is 7.13. The number of rotatable bonds is 7. The lowest BCUT2D eigenvalue weighted by molar-refractivity contribution is 0.0874. The van der Waals surface area contributed by atoms with Crippen LogP contribution in [0.3, 0.4) is 0 Å². The monoisotopic (exact) mass is 281 g/mol. The van der Waals surface area contributed by atoms with E-state index in [0.717, 1.165) is 36.6 Å². The Bertz CT molecular complexity index is 442. The summed E-state index contributed by atoms with van der Waals surface area (Å²) in [6.07, 6.45) is 1.78. The highest BCUT2D eigenvalue weighted by Gasteiger charge is 2.21. The standard InChI is InChI=1S/C14H27N5O/c1-6-8-11-16-12(18-15)10(3)13(17-11)19(7-2)9-14(4,5)20/h20H,6-9,15H2,1-5H3,(H,16,17,18). The highest BCUT2D eigenvalue weighted by molar-refractivity contribution is 5.58.